The predicted octanol–water partition coefficient (Wildman–Crippen LogP) is 2.06. The lowest BCUT2D eigenvalue weighted by molar-refractivity contribution is -0.930. The summed E-state index contributed by atoms with van der Waals surface area (Å²) < 4.78 is 1.39. The summed E-state index contributed by atoms with van der Waals surface area (Å²) in [5.74, 6) is 0. The third-order valence-corrected chi connectivity index (χ3v) is 4.28. The van der Waals surface area contributed by atoms with Gasteiger partial charge in [0.1, 0.15) is 12.7 Å². The standard InChI is InChI=1S/C12H25N2/c1-11-9-13(12(2,3)4)10-14(11)7-5-6-8-14/h11H,5-10H2,1-4H3/q+1. The van der Waals surface area contributed by atoms with E-state index in [0.29, 0.717) is 5.54 Å². The number of quaternary nitrogens is 1. The van der Waals surface area contributed by atoms with Gasteiger partial charge in [0.15, 0.2) is 0 Å². The van der Waals surface area contributed by atoms with Crippen LogP contribution in [0.25, 0.3) is 0 Å². The molecular formula is C12H25N2+. The summed E-state index contributed by atoms with van der Waals surface area (Å²) in [5, 5.41) is 0. The SMILES string of the molecule is CC1CN(C(C)(C)C)C[N+]12CCCC2. The lowest BCUT2D eigenvalue weighted by Gasteiger charge is -2.35. The Bertz CT molecular complexity index is 211. The minimum Gasteiger partial charge on any atom is -0.308 e. The summed E-state index contributed by atoms with van der Waals surface area (Å²) >= 11 is 0. The molecule has 0 bridgehead atoms. The first kappa shape index (κ1) is 10.4. The van der Waals surface area contributed by atoms with E-state index in [1.807, 2.05) is 0 Å². The molecule has 2 aliphatic rings. The molecule has 2 rings (SSSR count). The summed E-state index contributed by atoms with van der Waals surface area (Å²) in [6.07, 6.45) is 2.89. The quantitative estimate of drug-likeness (QED) is 0.537. The van der Waals surface area contributed by atoms with Gasteiger partial charge in [-0.3, -0.25) is 0 Å². The largest absolute Gasteiger partial charge is 0.308 e. The van der Waals surface area contributed by atoms with Gasteiger partial charge in [0, 0.05) is 18.4 Å². The van der Waals surface area contributed by atoms with Gasteiger partial charge in [-0.2, -0.15) is 0 Å². The highest BCUT2D eigenvalue weighted by molar-refractivity contribution is 4.82. The number of hydrogen-bond acceptors (Lipinski definition) is 1. The third-order valence-electron chi connectivity index (χ3n) is 4.28. The Morgan fingerprint density at radius 1 is 1.14 bits per heavy atom. The Kier molecular flexibility index (Phi) is 2.39. The molecule has 2 fully saturated rings. The van der Waals surface area contributed by atoms with Crippen LogP contribution in [0.5, 0.6) is 0 Å². The zero-order valence-electron chi connectivity index (χ0n) is 10.2. The van der Waals surface area contributed by atoms with Gasteiger partial charge in [-0.15, -0.1) is 0 Å². The van der Waals surface area contributed by atoms with Crippen molar-refractivity contribution in [1.82, 2.24) is 4.90 Å². The number of hydrogen-bond donors (Lipinski definition) is 0. The first-order chi connectivity index (χ1) is 6.44. The van der Waals surface area contributed by atoms with Gasteiger partial charge >= 0.3 is 0 Å². The van der Waals surface area contributed by atoms with Crippen molar-refractivity contribution in [3.8, 4) is 0 Å². The van der Waals surface area contributed by atoms with Crippen LogP contribution in [-0.2, 0) is 0 Å². The van der Waals surface area contributed by atoms with Gasteiger partial charge in [-0.05, 0) is 27.7 Å². The van der Waals surface area contributed by atoms with Crippen molar-refractivity contribution in [2.24, 2.45) is 0 Å². The molecule has 0 amide bonds. The van der Waals surface area contributed by atoms with Crippen molar-refractivity contribution in [3.63, 3.8) is 0 Å². The van der Waals surface area contributed by atoms with Crippen molar-refractivity contribution in [3.05, 3.63) is 0 Å². The van der Waals surface area contributed by atoms with Crippen LogP contribution in [0.2, 0.25) is 0 Å². The van der Waals surface area contributed by atoms with E-state index in [0.717, 1.165) is 6.04 Å². The van der Waals surface area contributed by atoms with Gasteiger partial charge in [0.2, 0.25) is 0 Å². The molecule has 14 heavy (non-hydrogen) atoms. The molecule has 2 heteroatoms. The van der Waals surface area contributed by atoms with Crippen LogP contribution >= 0.6 is 0 Å². The van der Waals surface area contributed by atoms with Crippen molar-refractivity contribution in [1.29, 1.82) is 0 Å². The topological polar surface area (TPSA) is 3.24 Å². The second kappa shape index (κ2) is 3.21. The van der Waals surface area contributed by atoms with Gasteiger partial charge in [0.25, 0.3) is 0 Å². The fourth-order valence-electron chi connectivity index (χ4n) is 3.06. The van der Waals surface area contributed by atoms with Crippen molar-refractivity contribution < 1.29 is 4.48 Å². The molecule has 0 aromatic heterocycles. The normalized spacial score (nSPS) is 33.0. The molecule has 0 aromatic carbocycles. The fourth-order valence-corrected chi connectivity index (χ4v) is 3.06. The zero-order valence-corrected chi connectivity index (χ0v) is 10.2. The first-order valence-electron chi connectivity index (χ1n) is 6.05. The van der Waals surface area contributed by atoms with E-state index >= 15 is 0 Å². The lowest BCUT2D eigenvalue weighted by atomic mass is 10.1. The lowest BCUT2D eigenvalue weighted by Crippen LogP contribution is -2.50. The molecule has 2 nitrogen and oxygen atoms in total. The minimum absolute atomic E-state index is 0.360. The summed E-state index contributed by atoms with van der Waals surface area (Å²) in [5.41, 5.74) is 0.360. The highest BCUT2D eigenvalue weighted by Gasteiger charge is 2.47. The van der Waals surface area contributed by atoms with E-state index < -0.39 is 0 Å². The van der Waals surface area contributed by atoms with Crippen LogP contribution in [0.4, 0.5) is 0 Å². The van der Waals surface area contributed by atoms with E-state index in [2.05, 4.69) is 32.6 Å². The second-order valence-electron chi connectivity index (χ2n) is 6.26. The van der Waals surface area contributed by atoms with Crippen molar-refractivity contribution in [2.45, 2.75) is 52.1 Å². The molecule has 2 heterocycles. The molecule has 1 spiro atoms. The Labute approximate surface area is 88.5 Å². The molecule has 82 valence electrons. The van der Waals surface area contributed by atoms with Crippen molar-refractivity contribution in [2.75, 3.05) is 26.3 Å². The average molecular weight is 197 g/mol. The van der Waals surface area contributed by atoms with E-state index in [4.69, 9.17) is 0 Å². The van der Waals surface area contributed by atoms with E-state index in [1.165, 1.54) is 43.6 Å². The van der Waals surface area contributed by atoms with Crippen LogP contribution in [0, 0.1) is 0 Å². The summed E-state index contributed by atoms with van der Waals surface area (Å²) in [6, 6.07) is 0.858. The molecule has 0 saturated carbocycles. The van der Waals surface area contributed by atoms with Crippen molar-refractivity contribution >= 4 is 0 Å². The summed E-state index contributed by atoms with van der Waals surface area (Å²) in [4.78, 5) is 2.67. The molecule has 0 radical (unpaired) electrons. The zero-order chi connectivity index (χ0) is 10.4. The van der Waals surface area contributed by atoms with Crippen LogP contribution < -0.4 is 0 Å². The third kappa shape index (κ3) is 1.59. The summed E-state index contributed by atoms with van der Waals surface area (Å²) in [6.45, 7) is 14.9. The highest BCUT2D eigenvalue weighted by atomic mass is 15.5. The van der Waals surface area contributed by atoms with Gasteiger partial charge < -0.3 is 4.48 Å². The molecule has 0 N–H and O–H groups in total. The Morgan fingerprint density at radius 2 is 1.71 bits per heavy atom. The smallest absolute Gasteiger partial charge is 0.135 e. The monoisotopic (exact) mass is 197 g/mol. The first-order valence-corrected chi connectivity index (χ1v) is 6.05. The number of rotatable bonds is 0. The number of nitrogens with zero attached hydrogens (tertiary/aromatic N) is 2. The van der Waals surface area contributed by atoms with Gasteiger partial charge in [0.05, 0.1) is 19.6 Å². The van der Waals surface area contributed by atoms with Gasteiger partial charge in [-0.25, -0.2) is 4.90 Å². The van der Waals surface area contributed by atoms with E-state index in [-0.39, 0.29) is 0 Å². The Morgan fingerprint density at radius 3 is 2.14 bits per heavy atom. The van der Waals surface area contributed by atoms with Crippen LogP contribution in [0.3, 0.4) is 0 Å². The Hall–Kier alpha value is -0.0800. The maximum absolute atomic E-state index is 2.67. The highest BCUT2D eigenvalue weighted by Crippen LogP contribution is 2.33. The second-order valence-corrected chi connectivity index (χ2v) is 6.26. The van der Waals surface area contributed by atoms with Crippen LogP contribution in [0.1, 0.15) is 40.5 Å². The maximum Gasteiger partial charge on any atom is 0.135 e. The molecule has 0 aromatic rings. The molecule has 0 aliphatic carbocycles. The molecule has 2 saturated heterocycles. The minimum atomic E-state index is 0.360. The van der Waals surface area contributed by atoms with E-state index in [1.54, 1.807) is 0 Å². The molecule has 1 atom stereocenters. The van der Waals surface area contributed by atoms with Crippen LogP contribution in [0.15, 0.2) is 0 Å². The summed E-state index contributed by atoms with van der Waals surface area (Å²) in [7, 11) is 0. The molecule has 2 aliphatic heterocycles. The Balaban J connectivity index is 2.10. The maximum atomic E-state index is 2.67. The molecule has 1 unspecified atom stereocenters. The van der Waals surface area contributed by atoms with Gasteiger partial charge in [-0.1, -0.05) is 0 Å². The van der Waals surface area contributed by atoms with E-state index in [9.17, 15) is 0 Å². The predicted molar refractivity (Wildman–Crippen MR) is 60.0 cm³/mol. The van der Waals surface area contributed by atoms with Crippen LogP contribution in [-0.4, -0.2) is 47.3 Å². The average Bonchev–Trinajstić information content (AvgIpc) is 2.62. The molecular weight excluding hydrogens is 172 g/mol. The fraction of sp³-hybridized carbons (Fsp3) is 1.00.